The zero-order valence-corrected chi connectivity index (χ0v) is 14.6. The summed E-state index contributed by atoms with van der Waals surface area (Å²) >= 11 is 0. The minimum atomic E-state index is -0.102. The Morgan fingerprint density at radius 1 is 1.27 bits per heavy atom. The molecule has 0 saturated carbocycles. The van der Waals surface area contributed by atoms with E-state index in [0.29, 0.717) is 22.9 Å². The van der Waals surface area contributed by atoms with Gasteiger partial charge in [0.2, 0.25) is 5.82 Å². The van der Waals surface area contributed by atoms with E-state index in [9.17, 15) is 4.79 Å². The second-order valence-electron chi connectivity index (χ2n) is 6.51. The molecule has 0 bridgehead atoms. The van der Waals surface area contributed by atoms with Gasteiger partial charge >= 0.3 is 0 Å². The molecule has 1 aliphatic heterocycles. The smallest absolute Gasteiger partial charge is 0.254 e. The van der Waals surface area contributed by atoms with Gasteiger partial charge in [-0.3, -0.25) is 14.9 Å². The minimum absolute atomic E-state index is 0.0378. The number of nitrogens with zero attached hydrogens (tertiary/aromatic N) is 5. The van der Waals surface area contributed by atoms with Gasteiger partial charge in [-0.25, -0.2) is 9.97 Å². The number of carbonyl (C=O) groups excluding carboxylic acids is 1. The first-order chi connectivity index (χ1) is 12.7. The predicted molar refractivity (Wildman–Crippen MR) is 96.2 cm³/mol. The molecule has 0 aliphatic carbocycles. The van der Waals surface area contributed by atoms with Gasteiger partial charge in [-0.1, -0.05) is 17.7 Å². The SMILES string of the molecule is Cc1cccc(C(=O)N2CCCCC2c2nc(-c3cnccn3)n[nH]2)c1. The van der Waals surface area contributed by atoms with Gasteiger partial charge in [-0.2, -0.15) is 5.10 Å². The van der Waals surface area contributed by atoms with Crippen LogP contribution < -0.4 is 0 Å². The Bertz CT molecular complexity index is 907. The molecule has 1 N–H and O–H groups in total. The van der Waals surface area contributed by atoms with E-state index in [1.165, 1.54) is 0 Å². The summed E-state index contributed by atoms with van der Waals surface area (Å²) in [5, 5.41) is 7.26. The number of benzene rings is 1. The number of aryl methyl sites for hydroxylation is 1. The van der Waals surface area contributed by atoms with Gasteiger partial charge in [-0.05, 0) is 38.3 Å². The van der Waals surface area contributed by atoms with Gasteiger partial charge in [0.1, 0.15) is 11.5 Å². The number of aromatic nitrogens is 5. The lowest BCUT2D eigenvalue weighted by Gasteiger charge is -2.34. The van der Waals surface area contributed by atoms with Crippen LogP contribution in [0.15, 0.2) is 42.9 Å². The van der Waals surface area contributed by atoms with Crippen molar-refractivity contribution >= 4 is 5.91 Å². The van der Waals surface area contributed by atoms with Crippen molar-refractivity contribution in [3.05, 3.63) is 59.8 Å². The van der Waals surface area contributed by atoms with Crippen molar-refractivity contribution in [2.45, 2.75) is 32.2 Å². The molecule has 132 valence electrons. The molecule has 1 saturated heterocycles. The van der Waals surface area contributed by atoms with E-state index in [4.69, 9.17) is 0 Å². The number of amides is 1. The molecule has 26 heavy (non-hydrogen) atoms. The fraction of sp³-hybridized carbons (Fsp3) is 0.316. The molecule has 1 atom stereocenters. The number of nitrogens with one attached hydrogen (secondary N) is 1. The van der Waals surface area contributed by atoms with E-state index in [1.54, 1.807) is 18.6 Å². The molecule has 1 aromatic carbocycles. The van der Waals surface area contributed by atoms with Crippen molar-refractivity contribution in [1.82, 2.24) is 30.0 Å². The zero-order chi connectivity index (χ0) is 17.9. The Hall–Kier alpha value is -3.09. The molecule has 2 aromatic heterocycles. The van der Waals surface area contributed by atoms with Crippen molar-refractivity contribution in [3.63, 3.8) is 0 Å². The minimum Gasteiger partial charge on any atom is -0.328 e. The third kappa shape index (κ3) is 3.20. The first-order valence-electron chi connectivity index (χ1n) is 8.79. The highest BCUT2D eigenvalue weighted by molar-refractivity contribution is 5.94. The van der Waals surface area contributed by atoms with E-state index in [2.05, 4.69) is 25.1 Å². The largest absolute Gasteiger partial charge is 0.328 e. The Balaban J connectivity index is 1.62. The third-order valence-electron chi connectivity index (χ3n) is 4.64. The molecule has 1 amide bonds. The van der Waals surface area contributed by atoms with Crippen molar-refractivity contribution < 1.29 is 4.79 Å². The fourth-order valence-corrected chi connectivity index (χ4v) is 3.36. The third-order valence-corrected chi connectivity index (χ3v) is 4.64. The maximum atomic E-state index is 13.1. The van der Waals surface area contributed by atoms with E-state index in [1.807, 2.05) is 36.1 Å². The number of H-pyrrole nitrogens is 1. The molecule has 0 spiro atoms. The molecule has 1 unspecified atom stereocenters. The first kappa shape index (κ1) is 16.4. The number of hydrogen-bond acceptors (Lipinski definition) is 5. The van der Waals surface area contributed by atoms with Crippen LogP contribution in [0.4, 0.5) is 0 Å². The van der Waals surface area contributed by atoms with Crippen LogP contribution in [0, 0.1) is 6.92 Å². The molecule has 7 nitrogen and oxygen atoms in total. The maximum absolute atomic E-state index is 13.1. The molecular formula is C19H20N6O. The molecule has 4 rings (SSSR count). The van der Waals surface area contributed by atoms with E-state index in [-0.39, 0.29) is 11.9 Å². The molecule has 1 fully saturated rings. The lowest BCUT2D eigenvalue weighted by molar-refractivity contribution is 0.0600. The molecule has 1 aliphatic rings. The maximum Gasteiger partial charge on any atom is 0.254 e. The highest BCUT2D eigenvalue weighted by Crippen LogP contribution is 2.31. The first-order valence-corrected chi connectivity index (χ1v) is 8.79. The van der Waals surface area contributed by atoms with Crippen LogP contribution in [0.2, 0.25) is 0 Å². The van der Waals surface area contributed by atoms with Crippen LogP contribution in [-0.2, 0) is 0 Å². The van der Waals surface area contributed by atoms with Gasteiger partial charge in [0.05, 0.1) is 12.2 Å². The van der Waals surface area contributed by atoms with Crippen molar-refractivity contribution in [2.75, 3.05) is 6.54 Å². The predicted octanol–water partition coefficient (Wildman–Crippen LogP) is 2.94. The normalized spacial score (nSPS) is 17.3. The lowest BCUT2D eigenvalue weighted by Crippen LogP contribution is -2.39. The standard InChI is InChI=1S/C19H20N6O/c1-13-5-4-6-14(11-13)19(26)25-10-3-2-7-16(25)18-22-17(23-24-18)15-12-20-8-9-21-15/h4-6,8-9,11-12,16H,2-3,7,10H2,1H3,(H,22,23,24). The Morgan fingerprint density at radius 3 is 3.00 bits per heavy atom. The van der Waals surface area contributed by atoms with Crippen molar-refractivity contribution in [2.24, 2.45) is 0 Å². The molecule has 3 aromatic rings. The van der Waals surface area contributed by atoms with Crippen molar-refractivity contribution in [3.8, 4) is 11.5 Å². The van der Waals surface area contributed by atoms with Crippen LogP contribution in [-0.4, -0.2) is 42.5 Å². The summed E-state index contributed by atoms with van der Waals surface area (Å²) in [4.78, 5) is 27.8. The van der Waals surface area contributed by atoms with E-state index in [0.717, 1.165) is 31.4 Å². The fourth-order valence-electron chi connectivity index (χ4n) is 3.36. The summed E-state index contributed by atoms with van der Waals surface area (Å²) in [5.74, 6) is 1.24. The average molecular weight is 348 g/mol. The van der Waals surface area contributed by atoms with Gasteiger partial charge in [0, 0.05) is 24.5 Å². The molecule has 0 radical (unpaired) electrons. The monoisotopic (exact) mass is 348 g/mol. The van der Waals surface area contributed by atoms with Crippen LogP contribution in [0.25, 0.3) is 11.5 Å². The van der Waals surface area contributed by atoms with E-state index < -0.39 is 0 Å². The topological polar surface area (TPSA) is 87.7 Å². The number of rotatable bonds is 3. The number of hydrogen-bond donors (Lipinski definition) is 1. The average Bonchev–Trinajstić information content (AvgIpc) is 3.18. The summed E-state index contributed by atoms with van der Waals surface area (Å²) in [6.45, 7) is 2.71. The van der Waals surface area contributed by atoms with Crippen molar-refractivity contribution in [1.29, 1.82) is 0 Å². The van der Waals surface area contributed by atoms with Crippen LogP contribution in [0.5, 0.6) is 0 Å². The van der Waals surface area contributed by atoms with Crippen LogP contribution in [0.3, 0.4) is 0 Å². The second-order valence-corrected chi connectivity index (χ2v) is 6.51. The van der Waals surface area contributed by atoms with Crippen LogP contribution in [0.1, 0.15) is 47.1 Å². The quantitative estimate of drug-likeness (QED) is 0.786. The summed E-state index contributed by atoms with van der Waals surface area (Å²) in [5.41, 5.74) is 2.40. The summed E-state index contributed by atoms with van der Waals surface area (Å²) in [6.07, 6.45) is 7.78. The van der Waals surface area contributed by atoms with Gasteiger partial charge in [0.25, 0.3) is 5.91 Å². The zero-order valence-electron chi connectivity index (χ0n) is 14.6. The Labute approximate surface area is 151 Å². The number of piperidine rings is 1. The van der Waals surface area contributed by atoms with Gasteiger partial charge < -0.3 is 4.90 Å². The summed E-state index contributed by atoms with van der Waals surface area (Å²) < 4.78 is 0. The summed E-state index contributed by atoms with van der Waals surface area (Å²) in [7, 11) is 0. The molecule has 7 heteroatoms. The number of likely N-dealkylation sites (tertiary alicyclic amines) is 1. The highest BCUT2D eigenvalue weighted by Gasteiger charge is 2.31. The number of aromatic amines is 1. The lowest BCUT2D eigenvalue weighted by atomic mass is 10.00. The summed E-state index contributed by atoms with van der Waals surface area (Å²) in [6, 6.07) is 7.61. The number of carbonyl (C=O) groups is 1. The highest BCUT2D eigenvalue weighted by atomic mass is 16.2. The molecular weight excluding hydrogens is 328 g/mol. The van der Waals surface area contributed by atoms with Gasteiger partial charge in [0.15, 0.2) is 0 Å². The molecule has 3 heterocycles. The Kier molecular flexibility index (Phi) is 4.43. The Morgan fingerprint density at radius 2 is 2.19 bits per heavy atom. The van der Waals surface area contributed by atoms with Gasteiger partial charge in [-0.15, -0.1) is 0 Å². The van der Waals surface area contributed by atoms with Crippen LogP contribution >= 0.6 is 0 Å². The van der Waals surface area contributed by atoms with E-state index >= 15 is 0 Å². The second kappa shape index (κ2) is 7.03.